The maximum atomic E-state index is 15.3. The van der Waals surface area contributed by atoms with Crippen molar-refractivity contribution >= 4 is 50.5 Å². The highest BCUT2D eigenvalue weighted by atomic mass is 127. The first-order chi connectivity index (χ1) is 24.6. The zero-order valence-corrected chi connectivity index (χ0v) is 31.8. The fraction of sp³-hybridized carbons (Fsp3) is 0.257. The molecule has 6 rings (SSSR count). The highest BCUT2D eigenvalue weighted by Gasteiger charge is 2.37. The van der Waals surface area contributed by atoms with E-state index in [0.29, 0.717) is 31.3 Å². The molecule has 2 heterocycles. The minimum Gasteiger partial charge on any atom is -0.497 e. The Labute approximate surface area is 313 Å². The monoisotopic (exact) mass is 842 g/mol. The lowest BCUT2D eigenvalue weighted by molar-refractivity contribution is 0.121. The SMILES string of the molecule is COc1ccc(CN(Cc2ccc(OC)cc2)S(=O)(=O)c2c(SC3CN(C(=O)O)C3)ccc(I)c2-c2nnnn2Cc2ccc(OC)cc2)cc1. The quantitative estimate of drug-likeness (QED) is 0.134. The molecule has 1 aromatic heterocycles. The molecular weight excluding hydrogens is 807 g/mol. The summed E-state index contributed by atoms with van der Waals surface area (Å²) in [6.07, 6.45) is -1.01. The van der Waals surface area contributed by atoms with Gasteiger partial charge in [0, 0.05) is 39.9 Å². The maximum Gasteiger partial charge on any atom is 0.407 e. The zero-order chi connectivity index (χ0) is 36.1. The van der Waals surface area contributed by atoms with Gasteiger partial charge in [-0.3, -0.25) is 0 Å². The summed E-state index contributed by atoms with van der Waals surface area (Å²) in [6.45, 7) is 0.937. The Morgan fingerprint density at radius 3 is 1.84 bits per heavy atom. The van der Waals surface area contributed by atoms with Gasteiger partial charge in [-0.05, 0) is 98.2 Å². The molecule has 1 aliphatic rings. The number of carboxylic acid groups (broad SMARTS) is 1. The third-order valence-electron chi connectivity index (χ3n) is 8.36. The number of ether oxygens (including phenoxy) is 3. The molecule has 266 valence electrons. The molecule has 0 saturated carbocycles. The van der Waals surface area contributed by atoms with E-state index >= 15 is 8.42 Å². The number of aromatic nitrogens is 4. The summed E-state index contributed by atoms with van der Waals surface area (Å²) >= 11 is 3.46. The van der Waals surface area contributed by atoms with Crippen molar-refractivity contribution in [2.45, 2.75) is 34.7 Å². The molecule has 13 nitrogen and oxygen atoms in total. The van der Waals surface area contributed by atoms with Crippen molar-refractivity contribution in [1.82, 2.24) is 29.4 Å². The summed E-state index contributed by atoms with van der Waals surface area (Å²) in [5.41, 5.74) is 2.77. The standard InChI is InChI=1S/C35H35IN6O7S2/c1-47-26-10-4-23(5-11-26)18-41(19-24-6-12-27(48-2)13-7-24)51(45,46)33-31(50-29-21-40(22-29)35(43)44)17-16-30(36)32(33)34-37-38-39-42(34)20-25-8-14-28(49-3)15-9-25/h4-17,29H,18-22H2,1-3H3,(H,43,44). The Balaban J connectivity index is 1.48. The third kappa shape index (κ3) is 8.24. The number of carbonyl (C=O) groups is 1. The highest BCUT2D eigenvalue weighted by Crippen LogP contribution is 2.43. The number of rotatable bonds is 14. The fourth-order valence-corrected chi connectivity index (χ4v) is 9.80. The Kier molecular flexibility index (Phi) is 11.3. The number of halogens is 1. The average Bonchev–Trinajstić information content (AvgIpc) is 3.57. The molecule has 1 fully saturated rings. The van der Waals surface area contributed by atoms with Crippen LogP contribution in [0.3, 0.4) is 0 Å². The number of sulfonamides is 1. The number of hydrogen-bond acceptors (Lipinski definition) is 10. The van der Waals surface area contributed by atoms with E-state index in [1.165, 1.54) is 21.0 Å². The summed E-state index contributed by atoms with van der Waals surface area (Å²) in [5.74, 6) is 2.29. The summed E-state index contributed by atoms with van der Waals surface area (Å²) in [6, 6.07) is 25.6. The van der Waals surface area contributed by atoms with E-state index < -0.39 is 16.1 Å². The van der Waals surface area contributed by atoms with Crippen molar-refractivity contribution in [3.05, 3.63) is 105 Å². The second-order valence-corrected chi connectivity index (χ2v) is 16.0. The Hall–Kier alpha value is -4.39. The molecule has 0 spiro atoms. The second-order valence-electron chi connectivity index (χ2n) is 11.7. The summed E-state index contributed by atoms with van der Waals surface area (Å²) in [7, 11) is 0.442. The molecule has 0 radical (unpaired) electrons. The van der Waals surface area contributed by atoms with Crippen LogP contribution in [0.25, 0.3) is 11.4 Å². The van der Waals surface area contributed by atoms with Crippen LogP contribution in [0.1, 0.15) is 16.7 Å². The van der Waals surface area contributed by atoms with Crippen LogP contribution in [-0.4, -0.2) is 88.7 Å². The van der Waals surface area contributed by atoms with Crippen molar-refractivity contribution in [1.29, 1.82) is 0 Å². The van der Waals surface area contributed by atoms with Gasteiger partial charge >= 0.3 is 6.09 Å². The molecule has 0 unspecified atom stereocenters. The lowest BCUT2D eigenvalue weighted by Gasteiger charge is -2.37. The van der Waals surface area contributed by atoms with Crippen molar-refractivity contribution in [2.24, 2.45) is 0 Å². The van der Waals surface area contributed by atoms with Gasteiger partial charge in [0.15, 0.2) is 5.82 Å². The largest absolute Gasteiger partial charge is 0.497 e. The molecular formula is C35H35IN6O7S2. The van der Waals surface area contributed by atoms with E-state index in [0.717, 1.165) is 16.7 Å². The van der Waals surface area contributed by atoms with Gasteiger partial charge in [-0.25, -0.2) is 17.9 Å². The average molecular weight is 843 g/mol. The number of amides is 1. The van der Waals surface area contributed by atoms with E-state index in [2.05, 4.69) is 38.1 Å². The summed E-state index contributed by atoms with van der Waals surface area (Å²) < 4.78 is 50.3. The molecule has 0 bridgehead atoms. The Bertz CT molecular complexity index is 2040. The van der Waals surface area contributed by atoms with Crippen LogP contribution in [0.4, 0.5) is 4.79 Å². The smallest absolute Gasteiger partial charge is 0.407 e. The molecule has 51 heavy (non-hydrogen) atoms. The van der Waals surface area contributed by atoms with Crippen LogP contribution in [0.2, 0.25) is 0 Å². The van der Waals surface area contributed by atoms with Gasteiger partial charge in [0.25, 0.3) is 0 Å². The minimum absolute atomic E-state index is 0.0559. The van der Waals surface area contributed by atoms with Crippen LogP contribution < -0.4 is 14.2 Å². The van der Waals surface area contributed by atoms with E-state index in [1.54, 1.807) is 56.3 Å². The lowest BCUT2D eigenvalue weighted by Crippen LogP contribution is -2.51. The summed E-state index contributed by atoms with van der Waals surface area (Å²) in [5, 5.41) is 21.9. The van der Waals surface area contributed by atoms with Crippen molar-refractivity contribution in [3.63, 3.8) is 0 Å². The normalized spacial score (nSPS) is 13.2. The van der Waals surface area contributed by atoms with Gasteiger partial charge in [0.2, 0.25) is 10.0 Å². The molecule has 1 amide bonds. The van der Waals surface area contributed by atoms with E-state index in [4.69, 9.17) is 14.2 Å². The van der Waals surface area contributed by atoms with Gasteiger partial charge in [-0.1, -0.05) is 36.4 Å². The number of tetrazole rings is 1. The molecule has 1 aliphatic heterocycles. The lowest BCUT2D eigenvalue weighted by atomic mass is 10.2. The first kappa shape index (κ1) is 36.4. The number of hydrogen-bond donors (Lipinski definition) is 1. The van der Waals surface area contributed by atoms with E-state index in [1.807, 2.05) is 54.6 Å². The van der Waals surface area contributed by atoms with Gasteiger partial charge in [-0.2, -0.15) is 4.31 Å². The van der Waals surface area contributed by atoms with Gasteiger partial charge in [-0.15, -0.1) is 16.9 Å². The topological polar surface area (TPSA) is 149 Å². The molecule has 5 aromatic rings. The van der Waals surface area contributed by atoms with Gasteiger partial charge in [0.05, 0.1) is 33.4 Å². The number of nitrogens with zero attached hydrogens (tertiary/aromatic N) is 6. The van der Waals surface area contributed by atoms with Gasteiger partial charge in [0.1, 0.15) is 22.1 Å². The molecule has 0 atom stereocenters. The van der Waals surface area contributed by atoms with E-state index in [-0.39, 0.29) is 48.7 Å². The van der Waals surface area contributed by atoms with Crippen LogP contribution in [0.15, 0.2) is 94.7 Å². The number of methoxy groups -OCH3 is 3. The Morgan fingerprint density at radius 2 is 1.35 bits per heavy atom. The molecule has 1 N–H and O–H groups in total. The van der Waals surface area contributed by atoms with Crippen LogP contribution in [0, 0.1) is 3.57 Å². The first-order valence-corrected chi connectivity index (χ1v) is 19.1. The Morgan fingerprint density at radius 1 is 0.843 bits per heavy atom. The number of thioether (sulfide) groups is 1. The number of benzene rings is 4. The van der Waals surface area contributed by atoms with Crippen molar-refractivity contribution < 1.29 is 32.5 Å². The second kappa shape index (κ2) is 15.9. The van der Waals surface area contributed by atoms with Crippen LogP contribution in [0.5, 0.6) is 17.2 Å². The van der Waals surface area contributed by atoms with Crippen LogP contribution >= 0.6 is 34.4 Å². The fourth-order valence-electron chi connectivity index (χ4n) is 5.56. The zero-order valence-electron chi connectivity index (χ0n) is 28.0. The minimum atomic E-state index is -4.31. The third-order valence-corrected chi connectivity index (χ3v) is 12.5. The van der Waals surface area contributed by atoms with Crippen molar-refractivity contribution in [2.75, 3.05) is 34.4 Å². The van der Waals surface area contributed by atoms with E-state index in [9.17, 15) is 9.90 Å². The van der Waals surface area contributed by atoms with Crippen molar-refractivity contribution in [3.8, 4) is 28.6 Å². The highest BCUT2D eigenvalue weighted by molar-refractivity contribution is 14.1. The number of likely N-dealkylation sites (tertiary alicyclic amines) is 1. The predicted molar refractivity (Wildman–Crippen MR) is 200 cm³/mol. The molecule has 4 aromatic carbocycles. The predicted octanol–water partition coefficient (Wildman–Crippen LogP) is 5.86. The summed E-state index contributed by atoms with van der Waals surface area (Å²) in [4.78, 5) is 13.4. The maximum absolute atomic E-state index is 15.3. The molecule has 16 heteroatoms. The van der Waals surface area contributed by atoms with Gasteiger partial charge < -0.3 is 24.2 Å². The molecule has 1 saturated heterocycles. The molecule has 0 aliphatic carbocycles. The first-order valence-electron chi connectivity index (χ1n) is 15.7. The van der Waals surface area contributed by atoms with Crippen LogP contribution in [-0.2, 0) is 29.7 Å².